The van der Waals surface area contributed by atoms with Gasteiger partial charge in [-0.15, -0.1) is 0 Å². The van der Waals surface area contributed by atoms with Gasteiger partial charge in [-0.2, -0.15) is 0 Å². The maximum atomic E-state index is 11.6. The summed E-state index contributed by atoms with van der Waals surface area (Å²) in [4.78, 5) is 11.6. The standard InChI is InChI=1S/C17H22N2O2/c1-4-5-9-19-12(2)15(17(18)20)11-16(19)13-7-6-8-14(10-13)21-3/h6-8,10-11H,4-5,9H2,1-3H3,(H2,18,20). The number of hydrogen-bond donors (Lipinski definition) is 1. The smallest absolute Gasteiger partial charge is 0.250 e. The van der Waals surface area contributed by atoms with E-state index in [0.717, 1.165) is 42.1 Å². The Labute approximate surface area is 125 Å². The lowest BCUT2D eigenvalue weighted by molar-refractivity contribution is 0.0999. The molecule has 4 heteroatoms. The van der Waals surface area contributed by atoms with Gasteiger partial charge in [-0.1, -0.05) is 25.5 Å². The van der Waals surface area contributed by atoms with Crippen LogP contribution in [0.15, 0.2) is 30.3 Å². The van der Waals surface area contributed by atoms with Crippen molar-refractivity contribution in [2.24, 2.45) is 5.73 Å². The summed E-state index contributed by atoms with van der Waals surface area (Å²) in [5, 5.41) is 0. The molecule has 112 valence electrons. The van der Waals surface area contributed by atoms with Crippen LogP contribution in [0.5, 0.6) is 5.75 Å². The summed E-state index contributed by atoms with van der Waals surface area (Å²) >= 11 is 0. The minimum Gasteiger partial charge on any atom is -0.497 e. The average molecular weight is 286 g/mol. The summed E-state index contributed by atoms with van der Waals surface area (Å²) in [5.74, 6) is 0.418. The first-order valence-electron chi connectivity index (χ1n) is 7.22. The molecule has 0 aliphatic carbocycles. The maximum Gasteiger partial charge on any atom is 0.250 e. The van der Waals surface area contributed by atoms with Crippen molar-refractivity contribution in [1.82, 2.24) is 4.57 Å². The molecule has 0 spiro atoms. The van der Waals surface area contributed by atoms with Gasteiger partial charge >= 0.3 is 0 Å². The van der Waals surface area contributed by atoms with E-state index in [9.17, 15) is 4.79 Å². The Bertz CT molecular complexity index is 644. The van der Waals surface area contributed by atoms with Crippen molar-refractivity contribution >= 4 is 5.91 Å². The van der Waals surface area contributed by atoms with Crippen molar-refractivity contribution in [1.29, 1.82) is 0 Å². The number of benzene rings is 1. The van der Waals surface area contributed by atoms with Gasteiger partial charge in [0.25, 0.3) is 5.91 Å². The van der Waals surface area contributed by atoms with E-state index in [0.29, 0.717) is 5.56 Å². The molecule has 1 aromatic heterocycles. The highest BCUT2D eigenvalue weighted by Gasteiger charge is 2.16. The Morgan fingerprint density at radius 2 is 2.10 bits per heavy atom. The van der Waals surface area contributed by atoms with Crippen molar-refractivity contribution in [3.8, 4) is 17.0 Å². The first-order valence-corrected chi connectivity index (χ1v) is 7.22. The van der Waals surface area contributed by atoms with Crippen molar-refractivity contribution in [3.05, 3.63) is 41.6 Å². The van der Waals surface area contributed by atoms with Crippen LogP contribution in [0.1, 0.15) is 35.8 Å². The van der Waals surface area contributed by atoms with Gasteiger partial charge in [0.15, 0.2) is 0 Å². The van der Waals surface area contributed by atoms with E-state index in [2.05, 4.69) is 11.5 Å². The monoisotopic (exact) mass is 286 g/mol. The number of methoxy groups -OCH3 is 1. The highest BCUT2D eigenvalue weighted by atomic mass is 16.5. The predicted molar refractivity (Wildman–Crippen MR) is 84.6 cm³/mol. The fourth-order valence-corrected chi connectivity index (χ4v) is 2.52. The Kier molecular flexibility index (Phi) is 4.68. The lowest BCUT2D eigenvalue weighted by atomic mass is 10.1. The van der Waals surface area contributed by atoms with Gasteiger partial charge in [-0.25, -0.2) is 0 Å². The molecule has 2 aromatic rings. The zero-order valence-corrected chi connectivity index (χ0v) is 12.8. The van der Waals surface area contributed by atoms with E-state index in [1.807, 2.05) is 37.3 Å². The fraction of sp³-hybridized carbons (Fsp3) is 0.353. The molecule has 1 heterocycles. The first-order chi connectivity index (χ1) is 10.1. The van der Waals surface area contributed by atoms with Gasteiger partial charge in [0.2, 0.25) is 0 Å². The van der Waals surface area contributed by atoms with Crippen LogP contribution >= 0.6 is 0 Å². The van der Waals surface area contributed by atoms with E-state index in [4.69, 9.17) is 10.5 Å². The van der Waals surface area contributed by atoms with Crippen molar-refractivity contribution in [2.75, 3.05) is 7.11 Å². The number of rotatable bonds is 6. The summed E-state index contributed by atoms with van der Waals surface area (Å²) in [6.07, 6.45) is 2.16. The number of nitrogens with two attached hydrogens (primary N) is 1. The summed E-state index contributed by atoms with van der Waals surface area (Å²) in [6, 6.07) is 9.73. The molecule has 0 aliphatic rings. The van der Waals surface area contributed by atoms with Crippen LogP contribution in [0.4, 0.5) is 0 Å². The molecule has 0 saturated carbocycles. The predicted octanol–water partition coefficient (Wildman–Crippen LogP) is 3.37. The van der Waals surface area contributed by atoms with Crippen LogP contribution in [0.2, 0.25) is 0 Å². The van der Waals surface area contributed by atoms with E-state index >= 15 is 0 Å². The molecule has 0 fully saturated rings. The van der Waals surface area contributed by atoms with Gasteiger partial charge in [0.05, 0.1) is 12.7 Å². The minimum atomic E-state index is -0.383. The Morgan fingerprint density at radius 3 is 2.71 bits per heavy atom. The number of unbranched alkanes of at least 4 members (excludes halogenated alkanes) is 1. The van der Waals surface area contributed by atoms with Crippen molar-refractivity contribution in [3.63, 3.8) is 0 Å². The van der Waals surface area contributed by atoms with E-state index < -0.39 is 0 Å². The first kappa shape index (κ1) is 15.2. The summed E-state index contributed by atoms with van der Waals surface area (Å²) in [7, 11) is 1.65. The molecule has 0 atom stereocenters. The van der Waals surface area contributed by atoms with Gasteiger partial charge in [-0.3, -0.25) is 4.79 Å². The lowest BCUT2D eigenvalue weighted by Gasteiger charge is -2.12. The highest BCUT2D eigenvalue weighted by molar-refractivity contribution is 5.95. The lowest BCUT2D eigenvalue weighted by Crippen LogP contribution is -2.12. The molecule has 0 unspecified atom stereocenters. The molecule has 4 nitrogen and oxygen atoms in total. The molecule has 0 bridgehead atoms. The number of carbonyl (C=O) groups is 1. The zero-order chi connectivity index (χ0) is 15.4. The van der Waals surface area contributed by atoms with Crippen LogP contribution in [-0.2, 0) is 6.54 Å². The molecule has 2 N–H and O–H groups in total. The topological polar surface area (TPSA) is 57.2 Å². The number of amides is 1. The number of carbonyl (C=O) groups excluding carboxylic acids is 1. The maximum absolute atomic E-state index is 11.6. The number of ether oxygens (including phenoxy) is 1. The normalized spacial score (nSPS) is 10.6. The van der Waals surface area contributed by atoms with Crippen LogP contribution in [0.3, 0.4) is 0 Å². The third-order valence-corrected chi connectivity index (χ3v) is 3.73. The Hall–Kier alpha value is -2.23. The second kappa shape index (κ2) is 6.48. The van der Waals surface area contributed by atoms with Crippen LogP contribution in [-0.4, -0.2) is 17.6 Å². The molecular formula is C17H22N2O2. The third-order valence-electron chi connectivity index (χ3n) is 3.73. The molecule has 2 rings (SSSR count). The third kappa shape index (κ3) is 3.10. The summed E-state index contributed by atoms with van der Waals surface area (Å²) in [6.45, 7) is 4.97. The molecule has 1 aromatic carbocycles. The fourth-order valence-electron chi connectivity index (χ4n) is 2.52. The van der Waals surface area contributed by atoms with Crippen LogP contribution in [0.25, 0.3) is 11.3 Å². The number of hydrogen-bond acceptors (Lipinski definition) is 2. The summed E-state index contributed by atoms with van der Waals surface area (Å²) in [5.41, 5.74) is 9.03. The molecule has 0 saturated heterocycles. The SMILES string of the molecule is CCCCn1c(-c2cccc(OC)c2)cc(C(N)=O)c1C. The van der Waals surface area contributed by atoms with Gasteiger partial charge in [0, 0.05) is 23.5 Å². The quantitative estimate of drug-likeness (QED) is 0.885. The molecule has 0 radical (unpaired) electrons. The molecule has 21 heavy (non-hydrogen) atoms. The average Bonchev–Trinajstić information content (AvgIpc) is 2.82. The van der Waals surface area contributed by atoms with E-state index in [1.165, 1.54) is 0 Å². The largest absolute Gasteiger partial charge is 0.497 e. The van der Waals surface area contributed by atoms with Crippen LogP contribution < -0.4 is 10.5 Å². The van der Waals surface area contributed by atoms with Gasteiger partial charge < -0.3 is 15.0 Å². The number of aromatic nitrogens is 1. The zero-order valence-electron chi connectivity index (χ0n) is 12.8. The molecular weight excluding hydrogens is 264 g/mol. The van der Waals surface area contributed by atoms with Crippen LogP contribution in [0, 0.1) is 6.92 Å². The van der Waals surface area contributed by atoms with Gasteiger partial charge in [-0.05, 0) is 31.5 Å². The number of primary amides is 1. The molecule has 0 aliphatic heterocycles. The summed E-state index contributed by atoms with van der Waals surface area (Å²) < 4.78 is 7.45. The minimum absolute atomic E-state index is 0.383. The van der Waals surface area contributed by atoms with E-state index in [-0.39, 0.29) is 5.91 Å². The highest BCUT2D eigenvalue weighted by Crippen LogP contribution is 2.28. The van der Waals surface area contributed by atoms with E-state index in [1.54, 1.807) is 7.11 Å². The Morgan fingerprint density at radius 1 is 1.33 bits per heavy atom. The second-order valence-corrected chi connectivity index (χ2v) is 5.13. The Balaban J connectivity index is 2.54. The van der Waals surface area contributed by atoms with Gasteiger partial charge in [0.1, 0.15) is 5.75 Å². The molecule has 1 amide bonds. The van der Waals surface area contributed by atoms with Crippen molar-refractivity contribution < 1.29 is 9.53 Å². The van der Waals surface area contributed by atoms with Crippen molar-refractivity contribution in [2.45, 2.75) is 33.2 Å². The number of nitrogens with zero attached hydrogens (tertiary/aromatic N) is 1. The second-order valence-electron chi connectivity index (χ2n) is 5.13.